The van der Waals surface area contributed by atoms with E-state index < -0.39 is 0 Å². The van der Waals surface area contributed by atoms with Crippen LogP contribution < -0.4 is 5.32 Å². The standard InChI is InChI=1S/C19H20BrN5O/c1-19(2,3)15-12-16(25(24-15)18-21-9-4-10-22-18)23-17(26)11-13-5-7-14(20)8-6-13/h4-10,12H,11H2,1-3H3,(H,23,26). The molecule has 0 atom stereocenters. The molecule has 0 bridgehead atoms. The van der Waals surface area contributed by atoms with Crippen molar-refractivity contribution in [3.63, 3.8) is 0 Å². The molecule has 0 aliphatic rings. The Labute approximate surface area is 160 Å². The fraction of sp³-hybridized carbons (Fsp3) is 0.263. The summed E-state index contributed by atoms with van der Waals surface area (Å²) in [5.41, 5.74) is 1.62. The van der Waals surface area contributed by atoms with E-state index in [4.69, 9.17) is 0 Å². The number of hydrogen-bond acceptors (Lipinski definition) is 4. The molecule has 3 rings (SSSR count). The van der Waals surface area contributed by atoms with E-state index in [1.54, 1.807) is 23.1 Å². The van der Waals surface area contributed by atoms with E-state index in [0.29, 0.717) is 11.8 Å². The van der Waals surface area contributed by atoms with Crippen LogP contribution >= 0.6 is 15.9 Å². The van der Waals surface area contributed by atoms with Crippen LogP contribution in [0.4, 0.5) is 5.82 Å². The second-order valence-electron chi connectivity index (χ2n) is 6.98. The summed E-state index contributed by atoms with van der Waals surface area (Å²) in [5, 5.41) is 7.53. The highest BCUT2D eigenvalue weighted by atomic mass is 79.9. The van der Waals surface area contributed by atoms with Crippen LogP contribution in [0.3, 0.4) is 0 Å². The quantitative estimate of drug-likeness (QED) is 0.703. The van der Waals surface area contributed by atoms with Gasteiger partial charge in [0, 0.05) is 28.3 Å². The molecule has 0 unspecified atom stereocenters. The summed E-state index contributed by atoms with van der Waals surface area (Å²) >= 11 is 3.40. The molecule has 0 saturated heterocycles. The largest absolute Gasteiger partial charge is 0.310 e. The molecule has 6 nitrogen and oxygen atoms in total. The third kappa shape index (κ3) is 4.35. The number of aromatic nitrogens is 4. The van der Waals surface area contributed by atoms with Gasteiger partial charge < -0.3 is 5.32 Å². The van der Waals surface area contributed by atoms with E-state index in [0.717, 1.165) is 15.7 Å². The SMILES string of the molecule is CC(C)(C)c1cc(NC(=O)Cc2ccc(Br)cc2)n(-c2ncccn2)n1. The van der Waals surface area contributed by atoms with Crippen molar-refractivity contribution in [2.24, 2.45) is 0 Å². The van der Waals surface area contributed by atoms with Gasteiger partial charge in [0.1, 0.15) is 5.82 Å². The number of rotatable bonds is 4. The van der Waals surface area contributed by atoms with Gasteiger partial charge in [-0.05, 0) is 23.8 Å². The van der Waals surface area contributed by atoms with Crippen molar-refractivity contribution in [1.29, 1.82) is 0 Å². The molecule has 3 aromatic rings. The van der Waals surface area contributed by atoms with Gasteiger partial charge in [-0.1, -0.05) is 48.8 Å². The van der Waals surface area contributed by atoms with Crippen LogP contribution in [-0.4, -0.2) is 25.7 Å². The van der Waals surface area contributed by atoms with Gasteiger partial charge in [-0.3, -0.25) is 4.79 Å². The Kier molecular flexibility index (Phi) is 5.18. The fourth-order valence-electron chi connectivity index (χ4n) is 2.36. The Hall–Kier alpha value is -2.54. The maximum absolute atomic E-state index is 12.5. The smallest absolute Gasteiger partial charge is 0.252 e. The first-order valence-electron chi connectivity index (χ1n) is 8.25. The highest BCUT2D eigenvalue weighted by Gasteiger charge is 2.22. The van der Waals surface area contributed by atoms with Gasteiger partial charge in [0.05, 0.1) is 12.1 Å². The van der Waals surface area contributed by atoms with E-state index in [-0.39, 0.29) is 17.7 Å². The Bertz CT molecular complexity index is 898. The summed E-state index contributed by atoms with van der Waals surface area (Å²) in [5.74, 6) is 0.857. The van der Waals surface area contributed by atoms with Crippen molar-refractivity contribution in [2.75, 3.05) is 5.32 Å². The summed E-state index contributed by atoms with van der Waals surface area (Å²) in [4.78, 5) is 21.0. The average molecular weight is 414 g/mol. The maximum atomic E-state index is 12.5. The lowest BCUT2D eigenvalue weighted by molar-refractivity contribution is -0.115. The first kappa shape index (κ1) is 18.3. The van der Waals surface area contributed by atoms with Crippen LogP contribution in [-0.2, 0) is 16.6 Å². The van der Waals surface area contributed by atoms with Crippen molar-refractivity contribution in [2.45, 2.75) is 32.6 Å². The van der Waals surface area contributed by atoms with Crippen LogP contribution in [0.15, 0.2) is 53.3 Å². The Morgan fingerprint density at radius 3 is 2.42 bits per heavy atom. The maximum Gasteiger partial charge on any atom is 0.252 e. The van der Waals surface area contributed by atoms with E-state index in [2.05, 4.69) is 57.1 Å². The van der Waals surface area contributed by atoms with Crippen molar-refractivity contribution in [3.05, 3.63) is 64.5 Å². The number of nitrogens with zero attached hydrogens (tertiary/aromatic N) is 4. The zero-order valence-electron chi connectivity index (χ0n) is 14.9. The van der Waals surface area contributed by atoms with Crippen molar-refractivity contribution in [1.82, 2.24) is 19.7 Å². The molecular weight excluding hydrogens is 394 g/mol. The number of halogens is 1. The zero-order chi connectivity index (χ0) is 18.7. The molecule has 2 heterocycles. The first-order valence-corrected chi connectivity index (χ1v) is 9.04. The van der Waals surface area contributed by atoms with Gasteiger partial charge >= 0.3 is 0 Å². The van der Waals surface area contributed by atoms with Crippen LogP contribution in [0.25, 0.3) is 5.95 Å². The van der Waals surface area contributed by atoms with Gasteiger partial charge in [0.15, 0.2) is 0 Å². The number of benzene rings is 1. The molecule has 1 N–H and O–H groups in total. The predicted octanol–water partition coefficient (Wildman–Crippen LogP) is 3.90. The summed E-state index contributed by atoms with van der Waals surface area (Å²) in [6, 6.07) is 11.3. The molecule has 0 spiro atoms. The predicted molar refractivity (Wildman–Crippen MR) is 104 cm³/mol. The molecule has 0 aliphatic carbocycles. The third-order valence-electron chi connectivity index (χ3n) is 3.76. The summed E-state index contributed by atoms with van der Waals surface area (Å²) in [6.45, 7) is 6.21. The lowest BCUT2D eigenvalue weighted by Crippen LogP contribution is -2.18. The molecule has 0 radical (unpaired) electrons. The molecule has 7 heteroatoms. The molecule has 0 fully saturated rings. The molecule has 1 aromatic carbocycles. The minimum Gasteiger partial charge on any atom is -0.310 e. The van der Waals surface area contributed by atoms with Gasteiger partial charge in [-0.15, -0.1) is 0 Å². The van der Waals surface area contributed by atoms with Crippen molar-refractivity contribution >= 4 is 27.7 Å². The molecule has 134 valence electrons. The topological polar surface area (TPSA) is 72.7 Å². The Morgan fingerprint density at radius 2 is 1.81 bits per heavy atom. The number of hydrogen-bond donors (Lipinski definition) is 1. The van der Waals surface area contributed by atoms with Gasteiger partial charge in [0.25, 0.3) is 5.95 Å². The molecule has 0 saturated carbocycles. The highest BCUT2D eigenvalue weighted by Crippen LogP contribution is 2.25. The van der Waals surface area contributed by atoms with E-state index >= 15 is 0 Å². The molecule has 1 amide bonds. The number of amides is 1. The van der Waals surface area contributed by atoms with E-state index in [9.17, 15) is 4.79 Å². The Balaban J connectivity index is 1.87. The number of carbonyl (C=O) groups is 1. The highest BCUT2D eigenvalue weighted by molar-refractivity contribution is 9.10. The lowest BCUT2D eigenvalue weighted by atomic mass is 9.92. The van der Waals surface area contributed by atoms with Crippen molar-refractivity contribution in [3.8, 4) is 5.95 Å². The molecule has 26 heavy (non-hydrogen) atoms. The third-order valence-corrected chi connectivity index (χ3v) is 4.29. The zero-order valence-corrected chi connectivity index (χ0v) is 16.5. The van der Waals surface area contributed by atoms with Gasteiger partial charge in [0.2, 0.25) is 5.91 Å². The van der Waals surface area contributed by atoms with Gasteiger partial charge in [-0.25, -0.2) is 9.97 Å². The normalized spacial score (nSPS) is 11.4. The second kappa shape index (κ2) is 7.37. The Morgan fingerprint density at radius 1 is 1.15 bits per heavy atom. The minimum absolute atomic E-state index is 0.120. The van der Waals surface area contributed by atoms with Crippen LogP contribution in [0.5, 0.6) is 0 Å². The summed E-state index contributed by atoms with van der Waals surface area (Å²) in [7, 11) is 0. The monoisotopic (exact) mass is 413 g/mol. The molecule has 2 aromatic heterocycles. The second-order valence-corrected chi connectivity index (χ2v) is 7.89. The first-order chi connectivity index (χ1) is 12.3. The van der Waals surface area contributed by atoms with Crippen LogP contribution in [0.1, 0.15) is 32.0 Å². The van der Waals surface area contributed by atoms with Crippen LogP contribution in [0.2, 0.25) is 0 Å². The van der Waals surface area contributed by atoms with E-state index in [1.165, 1.54) is 0 Å². The van der Waals surface area contributed by atoms with Crippen LogP contribution in [0, 0.1) is 0 Å². The summed E-state index contributed by atoms with van der Waals surface area (Å²) in [6.07, 6.45) is 3.57. The average Bonchev–Trinajstić information content (AvgIpc) is 3.02. The fourth-order valence-corrected chi connectivity index (χ4v) is 2.63. The summed E-state index contributed by atoms with van der Waals surface area (Å²) < 4.78 is 2.55. The number of nitrogens with one attached hydrogen (secondary N) is 1. The van der Waals surface area contributed by atoms with Crippen molar-refractivity contribution < 1.29 is 4.79 Å². The van der Waals surface area contributed by atoms with E-state index in [1.807, 2.05) is 30.3 Å². The number of carbonyl (C=O) groups excluding carboxylic acids is 1. The minimum atomic E-state index is -0.161. The van der Waals surface area contributed by atoms with Gasteiger partial charge in [-0.2, -0.15) is 9.78 Å². The number of anilines is 1. The molecular formula is C19H20BrN5O. The lowest BCUT2D eigenvalue weighted by Gasteiger charge is -2.13. The molecule has 0 aliphatic heterocycles.